The molecule has 1 aliphatic rings. The topological polar surface area (TPSA) is 54.5 Å². The van der Waals surface area contributed by atoms with Gasteiger partial charge in [-0.05, 0) is 18.9 Å². The molecule has 1 amide bonds. The van der Waals surface area contributed by atoms with Gasteiger partial charge in [0.15, 0.2) is 0 Å². The molecule has 0 saturated carbocycles. The summed E-state index contributed by atoms with van der Waals surface area (Å²) in [5, 5.41) is 2.76. The Morgan fingerprint density at radius 3 is 2.67 bits per heavy atom. The van der Waals surface area contributed by atoms with Crippen molar-refractivity contribution < 1.29 is 22.7 Å². The van der Waals surface area contributed by atoms with E-state index in [9.17, 15) is 18.0 Å². The summed E-state index contributed by atoms with van der Waals surface area (Å²) in [6.45, 7) is 1.94. The van der Waals surface area contributed by atoms with E-state index in [2.05, 4.69) is 10.3 Å². The Hall–Kier alpha value is -1.54. The molecule has 1 aromatic heterocycles. The van der Waals surface area contributed by atoms with Gasteiger partial charge < -0.3 is 15.0 Å². The van der Waals surface area contributed by atoms with Crippen LogP contribution in [0.5, 0.6) is 0 Å². The third kappa shape index (κ3) is 4.73. The number of carbonyl (C=O) groups is 1. The van der Waals surface area contributed by atoms with Crippen molar-refractivity contribution in [2.45, 2.75) is 19.0 Å². The van der Waals surface area contributed by atoms with E-state index in [1.165, 1.54) is 0 Å². The number of rotatable bonds is 5. The molecule has 24 heavy (non-hydrogen) atoms. The van der Waals surface area contributed by atoms with E-state index in [4.69, 9.17) is 16.3 Å². The van der Waals surface area contributed by atoms with Gasteiger partial charge in [0, 0.05) is 38.9 Å². The average Bonchev–Trinajstić information content (AvgIpc) is 2.54. The maximum atomic E-state index is 12.6. The molecule has 0 unspecified atom stereocenters. The number of ether oxygens (including phenoxy) is 1. The Morgan fingerprint density at radius 2 is 2.12 bits per heavy atom. The zero-order chi connectivity index (χ0) is 17.7. The van der Waals surface area contributed by atoms with Crippen LogP contribution in [0.1, 0.15) is 18.4 Å². The van der Waals surface area contributed by atoms with Crippen molar-refractivity contribution >= 4 is 23.3 Å². The van der Waals surface area contributed by atoms with Gasteiger partial charge >= 0.3 is 6.18 Å². The smallest absolute Gasteiger partial charge is 0.383 e. The number of hydrogen-bond acceptors (Lipinski definition) is 4. The highest BCUT2D eigenvalue weighted by atomic mass is 35.5. The van der Waals surface area contributed by atoms with Crippen molar-refractivity contribution in [1.82, 2.24) is 10.3 Å². The summed E-state index contributed by atoms with van der Waals surface area (Å²) in [5.74, 6) is 0.174. The summed E-state index contributed by atoms with van der Waals surface area (Å²) < 4.78 is 42.8. The van der Waals surface area contributed by atoms with Crippen molar-refractivity contribution in [3.05, 3.63) is 22.8 Å². The van der Waals surface area contributed by atoms with Gasteiger partial charge in [-0.15, -0.1) is 0 Å². The van der Waals surface area contributed by atoms with Crippen LogP contribution in [-0.2, 0) is 15.7 Å². The van der Waals surface area contributed by atoms with Gasteiger partial charge in [-0.3, -0.25) is 4.79 Å². The van der Waals surface area contributed by atoms with Crippen LogP contribution in [-0.4, -0.2) is 44.2 Å². The number of pyridine rings is 1. The number of hydrogen-bond donors (Lipinski definition) is 1. The first-order valence-corrected chi connectivity index (χ1v) is 7.95. The summed E-state index contributed by atoms with van der Waals surface area (Å²) in [7, 11) is 1.56. The first-order chi connectivity index (χ1) is 11.3. The summed E-state index contributed by atoms with van der Waals surface area (Å²) >= 11 is 5.95. The van der Waals surface area contributed by atoms with E-state index in [0.717, 1.165) is 12.3 Å². The number of halogens is 4. The number of carbonyl (C=O) groups excluding carboxylic acids is 1. The Labute approximate surface area is 143 Å². The van der Waals surface area contributed by atoms with Gasteiger partial charge in [0.05, 0.1) is 17.2 Å². The van der Waals surface area contributed by atoms with E-state index in [-0.39, 0.29) is 16.8 Å². The lowest BCUT2D eigenvalue weighted by molar-refractivity contribution is -0.137. The molecular weight excluding hydrogens is 347 g/mol. The van der Waals surface area contributed by atoms with Gasteiger partial charge in [-0.2, -0.15) is 13.2 Å². The zero-order valence-corrected chi connectivity index (χ0v) is 14.0. The molecule has 9 heteroatoms. The summed E-state index contributed by atoms with van der Waals surface area (Å²) in [5.41, 5.74) is -0.872. The van der Waals surface area contributed by atoms with Crippen LogP contribution in [0.3, 0.4) is 0 Å². The van der Waals surface area contributed by atoms with Crippen LogP contribution in [0.2, 0.25) is 5.02 Å². The normalized spacial score (nSPS) is 16.3. The molecule has 1 fully saturated rings. The van der Waals surface area contributed by atoms with Crippen LogP contribution < -0.4 is 10.2 Å². The average molecular weight is 366 g/mol. The second-order valence-corrected chi connectivity index (χ2v) is 5.98. The van der Waals surface area contributed by atoms with E-state index >= 15 is 0 Å². The van der Waals surface area contributed by atoms with Crippen LogP contribution in [0, 0.1) is 5.92 Å². The summed E-state index contributed by atoms with van der Waals surface area (Å²) in [6.07, 6.45) is -2.50. The largest absolute Gasteiger partial charge is 0.417 e. The first-order valence-electron chi connectivity index (χ1n) is 7.57. The predicted molar refractivity (Wildman–Crippen MR) is 84.1 cm³/mol. The quantitative estimate of drug-likeness (QED) is 0.815. The SMILES string of the molecule is COCCNC(=O)C1CCN(c2ncc(C(F)(F)F)cc2Cl)CC1. The Balaban J connectivity index is 1.94. The molecule has 1 aromatic rings. The van der Waals surface area contributed by atoms with E-state index in [1.54, 1.807) is 12.0 Å². The molecule has 1 saturated heterocycles. The Kier molecular flexibility index (Phi) is 6.28. The third-order valence-electron chi connectivity index (χ3n) is 3.92. The molecular formula is C15H19ClF3N3O2. The highest BCUT2D eigenvalue weighted by molar-refractivity contribution is 6.33. The van der Waals surface area contributed by atoms with E-state index in [0.29, 0.717) is 44.9 Å². The number of amides is 1. The van der Waals surface area contributed by atoms with Crippen molar-refractivity contribution in [2.75, 3.05) is 38.3 Å². The molecule has 5 nitrogen and oxygen atoms in total. The molecule has 0 aromatic carbocycles. The summed E-state index contributed by atoms with van der Waals surface area (Å²) in [4.78, 5) is 17.6. The number of nitrogens with one attached hydrogen (secondary N) is 1. The molecule has 0 radical (unpaired) electrons. The molecule has 0 bridgehead atoms. The number of nitrogens with zero attached hydrogens (tertiary/aromatic N) is 2. The van der Waals surface area contributed by atoms with Crippen LogP contribution in [0.25, 0.3) is 0 Å². The molecule has 1 aliphatic heterocycles. The Bertz CT molecular complexity index is 576. The molecule has 0 atom stereocenters. The predicted octanol–water partition coefficient (Wildman–Crippen LogP) is 2.73. The monoisotopic (exact) mass is 365 g/mol. The maximum absolute atomic E-state index is 12.6. The lowest BCUT2D eigenvalue weighted by Crippen LogP contribution is -2.41. The minimum atomic E-state index is -4.47. The fourth-order valence-corrected chi connectivity index (χ4v) is 2.88. The number of aromatic nitrogens is 1. The first kappa shape index (κ1) is 18.8. The van der Waals surface area contributed by atoms with Crippen molar-refractivity contribution in [3.63, 3.8) is 0 Å². The lowest BCUT2D eigenvalue weighted by Gasteiger charge is -2.32. The van der Waals surface area contributed by atoms with Crippen molar-refractivity contribution in [1.29, 1.82) is 0 Å². The minimum absolute atomic E-state index is 0.0295. The number of anilines is 1. The molecule has 0 aliphatic carbocycles. The highest BCUT2D eigenvalue weighted by Crippen LogP contribution is 2.34. The third-order valence-corrected chi connectivity index (χ3v) is 4.20. The number of alkyl halides is 3. The minimum Gasteiger partial charge on any atom is -0.383 e. The fourth-order valence-electron chi connectivity index (χ4n) is 2.59. The molecule has 1 N–H and O–H groups in total. The molecule has 2 heterocycles. The molecule has 2 rings (SSSR count). The second kappa shape index (κ2) is 8.02. The van der Waals surface area contributed by atoms with Crippen LogP contribution in [0.4, 0.5) is 19.0 Å². The van der Waals surface area contributed by atoms with Gasteiger partial charge in [0.2, 0.25) is 5.91 Å². The second-order valence-electron chi connectivity index (χ2n) is 5.57. The fraction of sp³-hybridized carbons (Fsp3) is 0.600. The van der Waals surface area contributed by atoms with Crippen LogP contribution in [0.15, 0.2) is 12.3 Å². The van der Waals surface area contributed by atoms with Crippen LogP contribution >= 0.6 is 11.6 Å². The summed E-state index contributed by atoms with van der Waals surface area (Å²) in [6, 6.07) is 0.882. The van der Waals surface area contributed by atoms with Crippen molar-refractivity contribution in [3.8, 4) is 0 Å². The molecule has 0 spiro atoms. The van der Waals surface area contributed by atoms with Gasteiger partial charge in [-0.25, -0.2) is 4.98 Å². The number of piperidine rings is 1. The van der Waals surface area contributed by atoms with Gasteiger partial charge in [0.1, 0.15) is 5.82 Å². The zero-order valence-electron chi connectivity index (χ0n) is 13.2. The highest BCUT2D eigenvalue weighted by Gasteiger charge is 2.32. The number of methoxy groups -OCH3 is 1. The standard InChI is InChI=1S/C15H19ClF3N3O2/c1-24-7-4-20-14(23)10-2-5-22(6-3-10)13-12(16)8-11(9-21-13)15(17,18)19/h8-10H,2-7H2,1H3,(H,20,23). The Morgan fingerprint density at radius 1 is 1.46 bits per heavy atom. The maximum Gasteiger partial charge on any atom is 0.417 e. The van der Waals surface area contributed by atoms with Gasteiger partial charge in [-0.1, -0.05) is 11.6 Å². The van der Waals surface area contributed by atoms with E-state index < -0.39 is 11.7 Å². The molecule has 134 valence electrons. The van der Waals surface area contributed by atoms with Gasteiger partial charge in [0.25, 0.3) is 0 Å². The van der Waals surface area contributed by atoms with E-state index in [1.807, 2.05) is 0 Å². The van der Waals surface area contributed by atoms with Crippen molar-refractivity contribution in [2.24, 2.45) is 5.92 Å². The lowest BCUT2D eigenvalue weighted by atomic mass is 9.96.